The SMILES string of the molecule is Cl.Nc1ccc(C(=O)O)cc1CNC1CCC(O)CC1. The maximum atomic E-state index is 10.9. The molecule has 0 atom stereocenters. The van der Waals surface area contributed by atoms with Crippen molar-refractivity contribution in [2.24, 2.45) is 0 Å². The van der Waals surface area contributed by atoms with E-state index in [1.807, 2.05) is 0 Å². The standard InChI is InChI=1S/C14H20N2O3.ClH/c15-13-6-1-9(14(18)19)7-10(13)8-16-11-2-4-12(17)5-3-11;/h1,6-7,11-12,16-17H,2-5,8,15H2,(H,18,19);1H. The van der Waals surface area contributed by atoms with E-state index in [-0.39, 0.29) is 24.1 Å². The molecule has 0 radical (unpaired) electrons. The molecule has 0 saturated heterocycles. The number of aliphatic hydroxyl groups is 1. The molecular weight excluding hydrogens is 280 g/mol. The van der Waals surface area contributed by atoms with Crippen molar-refractivity contribution in [2.45, 2.75) is 44.4 Å². The molecule has 0 aliphatic heterocycles. The van der Waals surface area contributed by atoms with Gasteiger partial charge in [-0.2, -0.15) is 0 Å². The van der Waals surface area contributed by atoms with E-state index in [4.69, 9.17) is 10.8 Å². The van der Waals surface area contributed by atoms with E-state index in [0.717, 1.165) is 31.2 Å². The molecule has 2 rings (SSSR count). The molecule has 112 valence electrons. The molecule has 0 spiro atoms. The number of hydrogen-bond donors (Lipinski definition) is 4. The number of benzene rings is 1. The van der Waals surface area contributed by atoms with Gasteiger partial charge >= 0.3 is 5.97 Å². The Morgan fingerprint density at radius 3 is 2.55 bits per heavy atom. The molecule has 6 heteroatoms. The predicted molar refractivity (Wildman–Crippen MR) is 80.2 cm³/mol. The predicted octanol–water partition coefficient (Wildman–Crippen LogP) is 1.78. The molecule has 5 nitrogen and oxygen atoms in total. The van der Waals surface area contributed by atoms with Gasteiger partial charge in [0, 0.05) is 18.3 Å². The van der Waals surface area contributed by atoms with Gasteiger partial charge in [-0.25, -0.2) is 4.79 Å². The van der Waals surface area contributed by atoms with Crippen molar-refractivity contribution in [3.63, 3.8) is 0 Å². The zero-order valence-electron chi connectivity index (χ0n) is 11.2. The number of anilines is 1. The number of nitrogens with two attached hydrogens (primary N) is 1. The first-order valence-electron chi connectivity index (χ1n) is 6.59. The summed E-state index contributed by atoms with van der Waals surface area (Å²) in [5, 5.41) is 21.8. The van der Waals surface area contributed by atoms with Crippen LogP contribution in [0.5, 0.6) is 0 Å². The summed E-state index contributed by atoms with van der Waals surface area (Å²) in [4.78, 5) is 10.9. The number of carboxylic acid groups (broad SMARTS) is 1. The average molecular weight is 301 g/mol. The van der Waals surface area contributed by atoms with Gasteiger partial charge in [-0.1, -0.05) is 0 Å². The minimum absolute atomic E-state index is 0. The Balaban J connectivity index is 0.00000200. The van der Waals surface area contributed by atoms with Crippen LogP contribution in [0.4, 0.5) is 5.69 Å². The summed E-state index contributed by atoms with van der Waals surface area (Å²) in [6, 6.07) is 5.13. The monoisotopic (exact) mass is 300 g/mol. The van der Waals surface area contributed by atoms with Crippen molar-refractivity contribution in [2.75, 3.05) is 5.73 Å². The number of aliphatic hydroxyl groups excluding tert-OH is 1. The van der Waals surface area contributed by atoms with Crippen LogP contribution in [0.25, 0.3) is 0 Å². The molecule has 1 aliphatic rings. The van der Waals surface area contributed by atoms with Gasteiger partial charge in [-0.15, -0.1) is 12.4 Å². The van der Waals surface area contributed by atoms with Gasteiger partial charge in [0.15, 0.2) is 0 Å². The number of aromatic carboxylic acids is 1. The largest absolute Gasteiger partial charge is 0.478 e. The lowest BCUT2D eigenvalue weighted by Crippen LogP contribution is -2.34. The first-order valence-corrected chi connectivity index (χ1v) is 6.59. The van der Waals surface area contributed by atoms with E-state index < -0.39 is 5.97 Å². The zero-order valence-corrected chi connectivity index (χ0v) is 12.0. The summed E-state index contributed by atoms with van der Waals surface area (Å²) in [6.07, 6.45) is 3.36. The van der Waals surface area contributed by atoms with Crippen LogP contribution < -0.4 is 11.1 Å². The van der Waals surface area contributed by atoms with Crippen molar-refractivity contribution in [3.05, 3.63) is 29.3 Å². The zero-order chi connectivity index (χ0) is 13.8. The van der Waals surface area contributed by atoms with Crippen molar-refractivity contribution in [3.8, 4) is 0 Å². The molecule has 20 heavy (non-hydrogen) atoms. The highest BCUT2D eigenvalue weighted by atomic mass is 35.5. The van der Waals surface area contributed by atoms with Crippen LogP contribution in [0.3, 0.4) is 0 Å². The smallest absolute Gasteiger partial charge is 0.335 e. The number of nitrogens with one attached hydrogen (secondary N) is 1. The maximum absolute atomic E-state index is 10.9. The number of carbonyl (C=O) groups is 1. The molecular formula is C14H21ClN2O3. The molecule has 5 N–H and O–H groups in total. The summed E-state index contributed by atoms with van der Waals surface area (Å²) in [5.41, 5.74) is 7.53. The molecule has 0 heterocycles. The van der Waals surface area contributed by atoms with E-state index >= 15 is 0 Å². The van der Waals surface area contributed by atoms with E-state index in [0.29, 0.717) is 18.3 Å². The maximum Gasteiger partial charge on any atom is 0.335 e. The Labute approximate surface area is 124 Å². The Kier molecular flexibility index (Phi) is 6.26. The van der Waals surface area contributed by atoms with Crippen molar-refractivity contribution in [1.82, 2.24) is 5.32 Å². The van der Waals surface area contributed by atoms with E-state index in [1.165, 1.54) is 6.07 Å². The number of halogens is 1. The Morgan fingerprint density at radius 2 is 1.95 bits per heavy atom. The van der Waals surface area contributed by atoms with E-state index in [9.17, 15) is 9.90 Å². The Morgan fingerprint density at radius 1 is 1.30 bits per heavy atom. The van der Waals surface area contributed by atoms with Crippen molar-refractivity contribution >= 4 is 24.1 Å². The Hall–Kier alpha value is -1.30. The van der Waals surface area contributed by atoms with Gasteiger partial charge in [-0.05, 0) is 49.4 Å². The molecule has 0 aromatic heterocycles. The lowest BCUT2D eigenvalue weighted by molar-refractivity contribution is 0.0696. The summed E-state index contributed by atoms with van der Waals surface area (Å²) in [7, 11) is 0. The molecule has 1 aromatic carbocycles. The van der Waals surface area contributed by atoms with Crippen LogP contribution in [0, 0.1) is 0 Å². The van der Waals surface area contributed by atoms with Gasteiger partial charge < -0.3 is 21.3 Å². The van der Waals surface area contributed by atoms with Crippen LogP contribution in [0.15, 0.2) is 18.2 Å². The topological polar surface area (TPSA) is 95.6 Å². The van der Waals surface area contributed by atoms with Crippen molar-refractivity contribution in [1.29, 1.82) is 0 Å². The fraction of sp³-hybridized carbons (Fsp3) is 0.500. The van der Waals surface area contributed by atoms with Crippen LogP contribution in [-0.2, 0) is 6.54 Å². The molecule has 0 unspecified atom stereocenters. The number of hydrogen-bond acceptors (Lipinski definition) is 4. The van der Waals surface area contributed by atoms with E-state index in [2.05, 4.69) is 5.32 Å². The molecule has 0 bridgehead atoms. The Bertz CT molecular complexity index is 460. The van der Waals surface area contributed by atoms with Crippen LogP contribution in [-0.4, -0.2) is 28.3 Å². The highest BCUT2D eigenvalue weighted by Gasteiger charge is 2.19. The molecule has 1 aromatic rings. The molecule has 1 saturated carbocycles. The van der Waals surface area contributed by atoms with Crippen LogP contribution in [0.2, 0.25) is 0 Å². The van der Waals surface area contributed by atoms with Gasteiger partial charge in [0.25, 0.3) is 0 Å². The lowest BCUT2D eigenvalue weighted by atomic mass is 9.93. The fourth-order valence-corrected chi connectivity index (χ4v) is 2.43. The van der Waals surface area contributed by atoms with Gasteiger partial charge in [-0.3, -0.25) is 0 Å². The third-order valence-electron chi connectivity index (χ3n) is 3.67. The molecule has 1 aliphatic carbocycles. The number of nitrogen functional groups attached to an aromatic ring is 1. The normalized spacial score (nSPS) is 22.1. The molecule has 1 fully saturated rings. The summed E-state index contributed by atoms with van der Waals surface area (Å²) in [6.45, 7) is 0.563. The third-order valence-corrected chi connectivity index (χ3v) is 3.67. The summed E-state index contributed by atoms with van der Waals surface area (Å²) >= 11 is 0. The minimum atomic E-state index is -0.943. The van der Waals surface area contributed by atoms with Crippen molar-refractivity contribution < 1.29 is 15.0 Å². The van der Waals surface area contributed by atoms with E-state index in [1.54, 1.807) is 12.1 Å². The minimum Gasteiger partial charge on any atom is -0.478 e. The second-order valence-corrected chi connectivity index (χ2v) is 5.11. The van der Waals surface area contributed by atoms with Gasteiger partial charge in [0.2, 0.25) is 0 Å². The number of rotatable bonds is 4. The third kappa shape index (κ3) is 4.37. The lowest BCUT2D eigenvalue weighted by Gasteiger charge is -2.26. The highest BCUT2D eigenvalue weighted by molar-refractivity contribution is 5.88. The fourth-order valence-electron chi connectivity index (χ4n) is 2.43. The molecule has 0 amide bonds. The second kappa shape index (κ2) is 7.47. The summed E-state index contributed by atoms with van der Waals surface area (Å²) < 4.78 is 0. The number of carboxylic acids is 1. The highest BCUT2D eigenvalue weighted by Crippen LogP contribution is 2.20. The van der Waals surface area contributed by atoms with Gasteiger partial charge in [0.1, 0.15) is 0 Å². The average Bonchev–Trinajstić information content (AvgIpc) is 2.39. The second-order valence-electron chi connectivity index (χ2n) is 5.11. The first-order chi connectivity index (χ1) is 9.06. The van der Waals surface area contributed by atoms with Crippen LogP contribution in [0.1, 0.15) is 41.6 Å². The van der Waals surface area contributed by atoms with Crippen LogP contribution >= 0.6 is 12.4 Å². The first kappa shape index (κ1) is 16.8. The quantitative estimate of drug-likeness (QED) is 0.636. The summed E-state index contributed by atoms with van der Waals surface area (Å²) in [5.74, 6) is -0.943. The van der Waals surface area contributed by atoms with Gasteiger partial charge in [0.05, 0.1) is 11.7 Å².